The largest absolute Gasteiger partial charge is 0.497 e. The molecular formula is C19H24FN3O2. The van der Waals surface area contributed by atoms with Gasteiger partial charge in [-0.1, -0.05) is 0 Å². The molecule has 0 spiro atoms. The highest BCUT2D eigenvalue weighted by atomic mass is 19.1. The summed E-state index contributed by atoms with van der Waals surface area (Å²) in [5.74, 6) is 1.31. The van der Waals surface area contributed by atoms with Gasteiger partial charge in [0, 0.05) is 32.2 Å². The monoisotopic (exact) mass is 345 g/mol. The van der Waals surface area contributed by atoms with E-state index in [0.717, 1.165) is 37.6 Å². The van der Waals surface area contributed by atoms with E-state index in [0.29, 0.717) is 23.2 Å². The minimum absolute atomic E-state index is 0.323. The summed E-state index contributed by atoms with van der Waals surface area (Å²) < 4.78 is 25.1. The fourth-order valence-corrected chi connectivity index (χ4v) is 3.90. The van der Waals surface area contributed by atoms with Gasteiger partial charge in [0.2, 0.25) is 5.89 Å². The molecule has 0 radical (unpaired) electrons. The summed E-state index contributed by atoms with van der Waals surface area (Å²) in [5.41, 5.74) is 1.23. The van der Waals surface area contributed by atoms with Crippen molar-refractivity contribution in [3.63, 3.8) is 0 Å². The zero-order valence-corrected chi connectivity index (χ0v) is 14.8. The highest BCUT2D eigenvalue weighted by molar-refractivity contribution is 5.57. The number of halogens is 1. The highest BCUT2D eigenvalue weighted by Crippen LogP contribution is 2.29. The van der Waals surface area contributed by atoms with Crippen LogP contribution < -0.4 is 4.74 Å². The van der Waals surface area contributed by atoms with Gasteiger partial charge in [0.1, 0.15) is 17.3 Å². The second kappa shape index (κ2) is 6.77. The van der Waals surface area contributed by atoms with E-state index in [1.54, 1.807) is 19.2 Å². The molecule has 0 saturated carbocycles. The molecule has 2 fully saturated rings. The third kappa shape index (κ3) is 3.28. The Morgan fingerprint density at radius 1 is 1.32 bits per heavy atom. The average molecular weight is 345 g/mol. The Labute approximate surface area is 147 Å². The number of nitrogens with zero attached hydrogens (tertiary/aromatic N) is 3. The molecule has 1 unspecified atom stereocenters. The Bertz CT molecular complexity index is 761. The van der Waals surface area contributed by atoms with Crippen LogP contribution in [-0.2, 0) is 6.54 Å². The van der Waals surface area contributed by atoms with E-state index >= 15 is 0 Å². The van der Waals surface area contributed by atoms with Gasteiger partial charge in [-0.05, 0) is 44.5 Å². The Morgan fingerprint density at radius 3 is 3.04 bits per heavy atom. The smallest absolute Gasteiger partial charge is 0.229 e. The van der Waals surface area contributed by atoms with Gasteiger partial charge in [-0.2, -0.15) is 0 Å². The van der Waals surface area contributed by atoms with Crippen LogP contribution in [0.25, 0.3) is 11.5 Å². The number of methoxy groups -OCH3 is 1. The zero-order chi connectivity index (χ0) is 17.4. The van der Waals surface area contributed by atoms with Gasteiger partial charge in [-0.25, -0.2) is 9.37 Å². The van der Waals surface area contributed by atoms with Gasteiger partial charge >= 0.3 is 0 Å². The second-order valence-electron chi connectivity index (χ2n) is 6.93. The summed E-state index contributed by atoms with van der Waals surface area (Å²) in [4.78, 5) is 9.60. The Balaban J connectivity index is 1.52. The summed E-state index contributed by atoms with van der Waals surface area (Å²) >= 11 is 0. The van der Waals surface area contributed by atoms with Crippen molar-refractivity contribution in [3.05, 3.63) is 35.5 Å². The summed E-state index contributed by atoms with van der Waals surface area (Å²) in [6.07, 6.45) is 2.59. The average Bonchev–Trinajstić information content (AvgIpc) is 3.22. The lowest BCUT2D eigenvalue weighted by Gasteiger charge is -2.37. The molecule has 2 saturated heterocycles. The number of aryl methyl sites for hydroxylation is 1. The fraction of sp³-hybridized carbons (Fsp3) is 0.526. The van der Waals surface area contributed by atoms with Crippen LogP contribution in [0.4, 0.5) is 4.39 Å². The van der Waals surface area contributed by atoms with E-state index in [-0.39, 0.29) is 5.82 Å². The van der Waals surface area contributed by atoms with Gasteiger partial charge in [0.05, 0.1) is 18.4 Å². The molecule has 0 amide bonds. The molecular weight excluding hydrogens is 321 g/mol. The molecule has 6 heteroatoms. The first-order valence-corrected chi connectivity index (χ1v) is 8.90. The number of fused-ring (bicyclic) bond motifs is 1. The molecule has 0 aliphatic carbocycles. The molecule has 2 aromatic rings. The summed E-state index contributed by atoms with van der Waals surface area (Å²) in [5, 5.41) is 0. The maximum atomic E-state index is 14.2. The molecule has 5 nitrogen and oxygen atoms in total. The zero-order valence-electron chi connectivity index (χ0n) is 14.8. The lowest BCUT2D eigenvalue weighted by atomic mass is 10.1. The number of hydrogen-bond acceptors (Lipinski definition) is 5. The Morgan fingerprint density at radius 2 is 2.20 bits per heavy atom. The molecule has 25 heavy (non-hydrogen) atoms. The number of ether oxygens (including phenoxy) is 1. The van der Waals surface area contributed by atoms with Crippen molar-refractivity contribution >= 4 is 0 Å². The summed E-state index contributed by atoms with van der Waals surface area (Å²) in [7, 11) is 1.56. The molecule has 134 valence electrons. The number of benzene rings is 1. The molecule has 0 bridgehead atoms. The molecule has 0 N–H and O–H groups in total. The van der Waals surface area contributed by atoms with Gasteiger partial charge in [-0.15, -0.1) is 0 Å². The van der Waals surface area contributed by atoms with E-state index in [4.69, 9.17) is 9.15 Å². The van der Waals surface area contributed by atoms with Crippen LogP contribution in [0, 0.1) is 12.7 Å². The predicted octanol–water partition coefficient (Wildman–Crippen LogP) is 3.08. The molecule has 2 aliphatic heterocycles. The van der Waals surface area contributed by atoms with Crippen LogP contribution in [0.2, 0.25) is 0 Å². The van der Waals surface area contributed by atoms with Gasteiger partial charge < -0.3 is 9.15 Å². The van der Waals surface area contributed by atoms with Crippen molar-refractivity contribution in [2.45, 2.75) is 32.4 Å². The fourth-order valence-electron chi connectivity index (χ4n) is 3.90. The topological polar surface area (TPSA) is 41.7 Å². The van der Waals surface area contributed by atoms with Crippen molar-refractivity contribution in [2.75, 3.05) is 33.3 Å². The van der Waals surface area contributed by atoms with E-state index in [1.165, 1.54) is 25.5 Å². The summed E-state index contributed by atoms with van der Waals surface area (Å²) in [6, 6.07) is 5.28. The SMILES string of the molecule is COc1ccc(F)c(-c2nc(CN3CCN4CCCC4C3)c(C)o2)c1. The van der Waals surface area contributed by atoms with Crippen LogP contribution in [0.1, 0.15) is 24.3 Å². The summed E-state index contributed by atoms with van der Waals surface area (Å²) in [6.45, 7) is 7.14. The maximum absolute atomic E-state index is 14.2. The maximum Gasteiger partial charge on any atom is 0.229 e. The molecule has 4 rings (SSSR count). The van der Waals surface area contributed by atoms with Crippen LogP contribution in [0.5, 0.6) is 5.75 Å². The highest BCUT2D eigenvalue weighted by Gasteiger charge is 2.31. The first-order chi connectivity index (χ1) is 12.1. The molecule has 2 aliphatic rings. The number of hydrogen-bond donors (Lipinski definition) is 0. The van der Waals surface area contributed by atoms with Gasteiger partial charge in [-0.3, -0.25) is 9.80 Å². The van der Waals surface area contributed by atoms with E-state index < -0.39 is 0 Å². The molecule has 1 atom stereocenters. The van der Waals surface area contributed by atoms with Crippen LogP contribution >= 0.6 is 0 Å². The van der Waals surface area contributed by atoms with Crippen molar-refractivity contribution in [1.29, 1.82) is 0 Å². The number of rotatable bonds is 4. The molecule has 1 aromatic heterocycles. The van der Waals surface area contributed by atoms with E-state index in [1.807, 2.05) is 6.92 Å². The van der Waals surface area contributed by atoms with Crippen LogP contribution in [0.3, 0.4) is 0 Å². The number of aromatic nitrogens is 1. The van der Waals surface area contributed by atoms with Crippen LogP contribution in [0.15, 0.2) is 22.6 Å². The third-order valence-electron chi connectivity index (χ3n) is 5.34. The Hall–Kier alpha value is -1.92. The van der Waals surface area contributed by atoms with Crippen molar-refractivity contribution in [1.82, 2.24) is 14.8 Å². The quantitative estimate of drug-likeness (QED) is 0.852. The second-order valence-corrected chi connectivity index (χ2v) is 6.93. The standard InChI is InChI=1S/C19H24FN3O2/c1-13-18(12-22-8-9-23-7-3-4-14(23)11-22)21-19(25-13)16-10-15(24-2)5-6-17(16)20/h5-6,10,14H,3-4,7-9,11-12H2,1-2H3. The van der Waals surface area contributed by atoms with E-state index in [9.17, 15) is 4.39 Å². The Kier molecular flexibility index (Phi) is 4.48. The van der Waals surface area contributed by atoms with Gasteiger partial charge in [0.15, 0.2) is 0 Å². The first kappa shape index (κ1) is 16.5. The van der Waals surface area contributed by atoms with Crippen molar-refractivity contribution in [2.24, 2.45) is 0 Å². The number of oxazole rings is 1. The number of piperazine rings is 1. The normalized spacial score (nSPS) is 21.5. The first-order valence-electron chi connectivity index (χ1n) is 8.90. The predicted molar refractivity (Wildman–Crippen MR) is 93.1 cm³/mol. The van der Waals surface area contributed by atoms with E-state index in [2.05, 4.69) is 14.8 Å². The van der Waals surface area contributed by atoms with Crippen molar-refractivity contribution < 1.29 is 13.5 Å². The molecule has 1 aromatic carbocycles. The minimum Gasteiger partial charge on any atom is -0.497 e. The van der Waals surface area contributed by atoms with Gasteiger partial charge in [0.25, 0.3) is 0 Å². The third-order valence-corrected chi connectivity index (χ3v) is 5.34. The minimum atomic E-state index is -0.354. The van der Waals surface area contributed by atoms with Crippen molar-refractivity contribution in [3.8, 4) is 17.2 Å². The lowest BCUT2D eigenvalue weighted by molar-refractivity contribution is 0.0982. The molecule has 3 heterocycles. The van der Waals surface area contributed by atoms with Crippen LogP contribution in [-0.4, -0.2) is 54.1 Å². The lowest BCUT2D eigenvalue weighted by Crippen LogP contribution is -2.49.